The van der Waals surface area contributed by atoms with E-state index < -0.39 is 0 Å². The highest BCUT2D eigenvalue weighted by Gasteiger charge is 2.14. The predicted octanol–water partition coefficient (Wildman–Crippen LogP) is 4.83. The van der Waals surface area contributed by atoms with E-state index in [0.29, 0.717) is 0 Å². The minimum Gasteiger partial charge on any atom is -0.0836 e. The van der Waals surface area contributed by atoms with Gasteiger partial charge in [0.25, 0.3) is 0 Å². The Morgan fingerprint density at radius 3 is 2.59 bits per heavy atom. The molecule has 90 valence electrons. The topological polar surface area (TPSA) is 0 Å². The molecule has 1 unspecified atom stereocenters. The summed E-state index contributed by atoms with van der Waals surface area (Å²) in [6.07, 6.45) is 13.6. The summed E-state index contributed by atoms with van der Waals surface area (Å²) in [5.74, 6) is 0. The average Bonchev–Trinajstić information content (AvgIpc) is 2.42. The Morgan fingerprint density at radius 1 is 1.12 bits per heavy atom. The van der Waals surface area contributed by atoms with Gasteiger partial charge in [-0.2, -0.15) is 0 Å². The third-order valence-electron chi connectivity index (χ3n) is 3.09. The van der Waals surface area contributed by atoms with E-state index in [1.165, 1.54) is 37.1 Å². The summed E-state index contributed by atoms with van der Waals surface area (Å²) in [6.45, 7) is 2.28. The van der Waals surface area contributed by atoms with E-state index in [0.717, 1.165) is 0 Å². The van der Waals surface area contributed by atoms with Gasteiger partial charge in [0.05, 0.1) is 0 Å². The highest BCUT2D eigenvalue weighted by atomic mass is 31.1. The van der Waals surface area contributed by atoms with Gasteiger partial charge in [0.2, 0.25) is 0 Å². The largest absolute Gasteiger partial charge is 0.0836 e. The Morgan fingerprint density at radius 2 is 1.94 bits per heavy atom. The zero-order chi connectivity index (χ0) is 11.9. The van der Waals surface area contributed by atoms with Crippen molar-refractivity contribution in [2.45, 2.75) is 32.6 Å². The second-order valence-corrected chi connectivity index (χ2v) is 6.79. The molecule has 0 aliphatic heterocycles. The molecular weight excluding hydrogens is 223 g/mol. The van der Waals surface area contributed by atoms with E-state index in [9.17, 15) is 0 Å². The molecule has 0 fully saturated rings. The van der Waals surface area contributed by atoms with Gasteiger partial charge in [-0.15, -0.1) is 0 Å². The first-order valence-electron chi connectivity index (χ1n) is 6.61. The van der Waals surface area contributed by atoms with Crippen molar-refractivity contribution in [3.8, 4) is 0 Å². The maximum absolute atomic E-state index is 2.45. The standard InChI is InChI=1S/C16H21P/c1-2-3-14-17(15-10-6-4-7-11-15)16-12-8-5-9-13-16/h4,6-8,10-13H,2-3,5,9,14H2,1H3. The molecule has 0 saturated carbocycles. The number of unbranched alkanes of at least 4 members (excludes halogenated alkanes) is 1. The van der Waals surface area contributed by atoms with E-state index in [4.69, 9.17) is 0 Å². The minimum absolute atomic E-state index is 0.106. The van der Waals surface area contributed by atoms with Gasteiger partial charge in [0.1, 0.15) is 0 Å². The molecule has 0 heterocycles. The number of allylic oxidation sites excluding steroid dienone is 4. The SMILES string of the molecule is CCCCP(C1=CCCC=C1)c1ccccc1. The van der Waals surface area contributed by atoms with Gasteiger partial charge in [-0.3, -0.25) is 0 Å². The molecule has 1 atom stereocenters. The molecule has 0 saturated heterocycles. The zero-order valence-corrected chi connectivity index (χ0v) is 11.5. The van der Waals surface area contributed by atoms with E-state index in [2.05, 4.69) is 55.5 Å². The first kappa shape index (κ1) is 12.6. The van der Waals surface area contributed by atoms with Gasteiger partial charge in [0, 0.05) is 0 Å². The number of hydrogen-bond donors (Lipinski definition) is 0. The minimum atomic E-state index is -0.106. The van der Waals surface area contributed by atoms with Crippen molar-refractivity contribution < 1.29 is 0 Å². The van der Waals surface area contributed by atoms with Crippen LogP contribution in [-0.4, -0.2) is 6.16 Å². The molecule has 2 rings (SSSR count). The fourth-order valence-electron chi connectivity index (χ4n) is 2.13. The maximum Gasteiger partial charge on any atom is -0.0195 e. The molecule has 1 aliphatic carbocycles. The van der Waals surface area contributed by atoms with E-state index in [1.807, 2.05) is 0 Å². The van der Waals surface area contributed by atoms with Crippen LogP contribution in [0.15, 0.2) is 53.9 Å². The van der Waals surface area contributed by atoms with Crippen molar-refractivity contribution >= 4 is 13.2 Å². The van der Waals surface area contributed by atoms with Crippen LogP contribution in [0, 0.1) is 0 Å². The van der Waals surface area contributed by atoms with Crippen LogP contribution in [0.3, 0.4) is 0 Å². The summed E-state index contributed by atoms with van der Waals surface area (Å²) >= 11 is 0. The van der Waals surface area contributed by atoms with Crippen molar-refractivity contribution in [1.82, 2.24) is 0 Å². The predicted molar refractivity (Wildman–Crippen MR) is 79.2 cm³/mol. The average molecular weight is 244 g/mol. The van der Waals surface area contributed by atoms with Crippen molar-refractivity contribution in [2.75, 3.05) is 6.16 Å². The van der Waals surface area contributed by atoms with E-state index in [1.54, 1.807) is 5.31 Å². The molecule has 0 bridgehead atoms. The van der Waals surface area contributed by atoms with Crippen LogP contribution in [-0.2, 0) is 0 Å². The van der Waals surface area contributed by atoms with Gasteiger partial charge < -0.3 is 0 Å². The van der Waals surface area contributed by atoms with Gasteiger partial charge >= 0.3 is 0 Å². The zero-order valence-electron chi connectivity index (χ0n) is 10.6. The summed E-state index contributed by atoms with van der Waals surface area (Å²) in [6, 6.07) is 11.0. The summed E-state index contributed by atoms with van der Waals surface area (Å²) in [7, 11) is -0.106. The Balaban J connectivity index is 2.19. The van der Waals surface area contributed by atoms with Gasteiger partial charge in [0.15, 0.2) is 0 Å². The summed E-state index contributed by atoms with van der Waals surface area (Å²) in [5.41, 5.74) is 0. The normalized spacial score (nSPS) is 16.6. The molecule has 1 aromatic carbocycles. The number of rotatable bonds is 5. The van der Waals surface area contributed by atoms with Crippen molar-refractivity contribution in [3.63, 3.8) is 0 Å². The second kappa shape index (κ2) is 6.77. The van der Waals surface area contributed by atoms with Crippen LogP contribution in [0.4, 0.5) is 0 Å². The van der Waals surface area contributed by atoms with Crippen LogP contribution in [0.2, 0.25) is 0 Å². The van der Waals surface area contributed by atoms with Gasteiger partial charge in [-0.25, -0.2) is 0 Å². The summed E-state index contributed by atoms with van der Waals surface area (Å²) in [5, 5.41) is 3.12. The molecule has 1 aliphatic rings. The van der Waals surface area contributed by atoms with E-state index in [-0.39, 0.29) is 7.92 Å². The fourth-order valence-corrected chi connectivity index (χ4v) is 4.75. The molecule has 0 amide bonds. The molecule has 17 heavy (non-hydrogen) atoms. The Labute approximate surface area is 106 Å². The summed E-state index contributed by atoms with van der Waals surface area (Å²) in [4.78, 5) is 0. The third kappa shape index (κ3) is 3.54. The fraction of sp³-hybridized carbons (Fsp3) is 0.375. The lowest BCUT2D eigenvalue weighted by Crippen LogP contribution is -2.05. The smallest absolute Gasteiger partial charge is 0.0195 e. The lowest BCUT2D eigenvalue weighted by atomic mass is 10.2. The van der Waals surface area contributed by atoms with Crippen LogP contribution >= 0.6 is 7.92 Å². The van der Waals surface area contributed by atoms with Gasteiger partial charge in [-0.05, 0) is 44.0 Å². The first-order valence-corrected chi connectivity index (χ1v) is 8.14. The van der Waals surface area contributed by atoms with Gasteiger partial charge in [-0.1, -0.05) is 61.9 Å². The summed E-state index contributed by atoms with van der Waals surface area (Å²) < 4.78 is 0. The second-order valence-electron chi connectivity index (χ2n) is 4.45. The van der Waals surface area contributed by atoms with Crippen LogP contribution < -0.4 is 5.30 Å². The first-order chi connectivity index (χ1) is 8.42. The Bertz CT molecular complexity index is 389. The molecule has 1 aromatic rings. The van der Waals surface area contributed by atoms with Crippen molar-refractivity contribution in [2.24, 2.45) is 0 Å². The van der Waals surface area contributed by atoms with Crippen LogP contribution in [0.5, 0.6) is 0 Å². The molecule has 1 heteroatoms. The highest BCUT2D eigenvalue weighted by molar-refractivity contribution is 7.69. The lowest BCUT2D eigenvalue weighted by molar-refractivity contribution is 0.893. The molecule has 0 N–H and O–H groups in total. The maximum atomic E-state index is 2.45. The Hall–Kier alpha value is -0.870. The number of benzene rings is 1. The highest BCUT2D eigenvalue weighted by Crippen LogP contribution is 2.46. The van der Waals surface area contributed by atoms with Crippen molar-refractivity contribution in [1.29, 1.82) is 0 Å². The van der Waals surface area contributed by atoms with Crippen LogP contribution in [0.25, 0.3) is 0 Å². The Kier molecular flexibility index (Phi) is 5.01. The lowest BCUT2D eigenvalue weighted by Gasteiger charge is -2.21. The number of hydrogen-bond acceptors (Lipinski definition) is 0. The third-order valence-corrected chi connectivity index (χ3v) is 5.73. The van der Waals surface area contributed by atoms with Crippen molar-refractivity contribution in [3.05, 3.63) is 53.9 Å². The van der Waals surface area contributed by atoms with E-state index >= 15 is 0 Å². The monoisotopic (exact) mass is 244 g/mol. The molecule has 0 nitrogen and oxygen atoms in total. The molecule has 0 aromatic heterocycles. The van der Waals surface area contributed by atoms with Crippen LogP contribution in [0.1, 0.15) is 32.6 Å². The quantitative estimate of drug-likeness (QED) is 0.651. The molecule has 0 spiro atoms. The molecular formula is C16H21P. The molecule has 0 radical (unpaired) electrons.